The third-order valence-corrected chi connectivity index (χ3v) is 4.22. The molecule has 0 atom stereocenters. The molecular weight excluding hydrogens is 296 g/mol. The molecule has 0 bridgehead atoms. The lowest BCUT2D eigenvalue weighted by Gasteiger charge is -2.20. The number of carboxylic acids is 1. The molecule has 0 aliphatic carbocycles. The maximum atomic E-state index is 12.2. The standard InChI is InChI=1S/C13H18N2O5S/c1-3-8-15(9-12(16)17)13(18)10-4-6-11(7-5-10)21(19,20)14-2/h4-7,14H,3,8-9H2,1-2H3,(H,16,17). The van der Waals surface area contributed by atoms with Gasteiger partial charge in [-0.25, -0.2) is 13.1 Å². The highest BCUT2D eigenvalue weighted by Gasteiger charge is 2.19. The summed E-state index contributed by atoms with van der Waals surface area (Å²) in [7, 11) is -2.26. The minimum atomic E-state index is -3.56. The van der Waals surface area contributed by atoms with Gasteiger partial charge in [-0.05, 0) is 37.7 Å². The molecule has 0 aromatic heterocycles. The van der Waals surface area contributed by atoms with Crippen LogP contribution >= 0.6 is 0 Å². The number of carbonyl (C=O) groups is 2. The zero-order chi connectivity index (χ0) is 16.0. The first kappa shape index (κ1) is 17.1. The lowest BCUT2D eigenvalue weighted by Crippen LogP contribution is -2.36. The summed E-state index contributed by atoms with van der Waals surface area (Å²) in [5.74, 6) is -1.53. The third-order valence-electron chi connectivity index (χ3n) is 2.79. The molecule has 0 saturated heterocycles. The second-order valence-corrected chi connectivity index (χ2v) is 6.24. The van der Waals surface area contributed by atoms with Crippen molar-refractivity contribution in [2.75, 3.05) is 20.1 Å². The first-order chi connectivity index (χ1) is 9.81. The van der Waals surface area contributed by atoms with E-state index in [0.717, 1.165) is 0 Å². The first-order valence-corrected chi connectivity index (χ1v) is 7.84. The number of carboxylic acid groups (broad SMARTS) is 1. The average molecular weight is 314 g/mol. The van der Waals surface area contributed by atoms with Gasteiger partial charge in [0.2, 0.25) is 10.0 Å². The van der Waals surface area contributed by atoms with Crippen LogP contribution in [-0.4, -0.2) is 50.4 Å². The Bertz CT molecular complexity index is 610. The molecule has 1 rings (SSSR count). The molecule has 1 aromatic carbocycles. The summed E-state index contributed by atoms with van der Waals surface area (Å²) in [6.07, 6.45) is 0.630. The average Bonchev–Trinajstić information content (AvgIpc) is 2.45. The molecule has 0 aliphatic heterocycles. The summed E-state index contributed by atoms with van der Waals surface area (Å²) in [6, 6.07) is 5.36. The Kier molecular flexibility index (Phi) is 5.86. The van der Waals surface area contributed by atoms with Crippen molar-refractivity contribution in [1.29, 1.82) is 0 Å². The number of sulfonamides is 1. The molecule has 7 nitrogen and oxygen atoms in total. The summed E-state index contributed by atoms with van der Waals surface area (Å²) < 4.78 is 25.3. The van der Waals surface area contributed by atoms with Crippen LogP contribution in [-0.2, 0) is 14.8 Å². The minimum Gasteiger partial charge on any atom is -0.480 e. The maximum absolute atomic E-state index is 12.2. The van der Waals surface area contributed by atoms with Crippen LogP contribution < -0.4 is 4.72 Å². The van der Waals surface area contributed by atoms with Gasteiger partial charge in [0.25, 0.3) is 5.91 Å². The topological polar surface area (TPSA) is 104 Å². The fourth-order valence-electron chi connectivity index (χ4n) is 1.76. The minimum absolute atomic E-state index is 0.0434. The molecule has 0 spiro atoms. The summed E-state index contributed by atoms with van der Waals surface area (Å²) in [5.41, 5.74) is 0.250. The Labute approximate surface area is 123 Å². The van der Waals surface area contributed by atoms with Crippen LogP contribution in [0.1, 0.15) is 23.7 Å². The SMILES string of the molecule is CCCN(CC(=O)O)C(=O)c1ccc(S(=O)(=O)NC)cc1. The quantitative estimate of drug-likeness (QED) is 0.764. The number of carbonyl (C=O) groups excluding carboxylic acids is 1. The Hall–Kier alpha value is -1.93. The number of hydrogen-bond donors (Lipinski definition) is 2. The summed E-state index contributed by atoms with van der Waals surface area (Å²) in [5, 5.41) is 8.81. The van der Waals surface area contributed by atoms with E-state index in [9.17, 15) is 18.0 Å². The highest BCUT2D eigenvalue weighted by atomic mass is 32.2. The molecule has 21 heavy (non-hydrogen) atoms. The van der Waals surface area contributed by atoms with E-state index >= 15 is 0 Å². The largest absolute Gasteiger partial charge is 0.480 e. The number of nitrogens with zero attached hydrogens (tertiary/aromatic N) is 1. The lowest BCUT2D eigenvalue weighted by atomic mass is 10.2. The van der Waals surface area contributed by atoms with Gasteiger partial charge in [0.15, 0.2) is 0 Å². The van der Waals surface area contributed by atoms with Gasteiger partial charge in [-0.15, -0.1) is 0 Å². The van der Waals surface area contributed by atoms with Crippen LogP contribution in [0, 0.1) is 0 Å². The predicted octanol–water partition coefficient (Wildman–Crippen LogP) is 0.532. The van der Waals surface area contributed by atoms with Gasteiger partial charge in [-0.2, -0.15) is 0 Å². The fourth-order valence-corrected chi connectivity index (χ4v) is 2.49. The van der Waals surface area contributed by atoms with Gasteiger partial charge in [-0.1, -0.05) is 6.92 Å². The molecule has 0 fully saturated rings. The van der Waals surface area contributed by atoms with E-state index in [-0.39, 0.29) is 17.0 Å². The highest BCUT2D eigenvalue weighted by molar-refractivity contribution is 7.89. The van der Waals surface area contributed by atoms with Crippen molar-refractivity contribution >= 4 is 21.9 Å². The molecule has 0 heterocycles. The Morgan fingerprint density at radius 3 is 2.24 bits per heavy atom. The normalized spacial score (nSPS) is 11.1. The summed E-state index contributed by atoms with van der Waals surface area (Å²) >= 11 is 0. The van der Waals surface area contributed by atoms with E-state index < -0.39 is 21.9 Å². The number of hydrogen-bond acceptors (Lipinski definition) is 4. The van der Waals surface area contributed by atoms with E-state index in [1.165, 1.54) is 36.2 Å². The molecule has 116 valence electrons. The Balaban J connectivity index is 2.99. The predicted molar refractivity (Wildman–Crippen MR) is 76.5 cm³/mol. The van der Waals surface area contributed by atoms with Crippen molar-refractivity contribution in [3.8, 4) is 0 Å². The van der Waals surface area contributed by atoms with Crippen LogP contribution in [0.2, 0.25) is 0 Å². The zero-order valence-corrected chi connectivity index (χ0v) is 12.7. The molecule has 0 saturated carbocycles. The van der Waals surface area contributed by atoms with E-state index in [4.69, 9.17) is 5.11 Å². The van der Waals surface area contributed by atoms with Crippen molar-refractivity contribution in [1.82, 2.24) is 9.62 Å². The molecular formula is C13H18N2O5S. The number of nitrogens with one attached hydrogen (secondary N) is 1. The van der Waals surface area contributed by atoms with Crippen molar-refractivity contribution in [2.24, 2.45) is 0 Å². The van der Waals surface area contributed by atoms with Crippen LogP contribution in [0.3, 0.4) is 0 Å². The van der Waals surface area contributed by atoms with Gasteiger partial charge < -0.3 is 10.0 Å². The van der Waals surface area contributed by atoms with Crippen molar-refractivity contribution in [3.05, 3.63) is 29.8 Å². The number of rotatable bonds is 7. The van der Waals surface area contributed by atoms with Gasteiger partial charge in [-0.3, -0.25) is 9.59 Å². The molecule has 8 heteroatoms. The maximum Gasteiger partial charge on any atom is 0.323 e. The molecule has 1 aromatic rings. The molecule has 0 aliphatic rings. The Morgan fingerprint density at radius 1 is 1.24 bits per heavy atom. The smallest absolute Gasteiger partial charge is 0.323 e. The molecule has 0 unspecified atom stereocenters. The number of amides is 1. The van der Waals surface area contributed by atoms with Crippen molar-refractivity contribution in [2.45, 2.75) is 18.2 Å². The fraction of sp³-hybridized carbons (Fsp3) is 0.385. The second-order valence-electron chi connectivity index (χ2n) is 4.35. The van der Waals surface area contributed by atoms with E-state index in [1.807, 2.05) is 6.92 Å². The van der Waals surface area contributed by atoms with E-state index in [2.05, 4.69) is 4.72 Å². The van der Waals surface area contributed by atoms with E-state index in [0.29, 0.717) is 13.0 Å². The van der Waals surface area contributed by atoms with Gasteiger partial charge in [0, 0.05) is 12.1 Å². The van der Waals surface area contributed by atoms with Crippen LogP contribution in [0.15, 0.2) is 29.2 Å². The van der Waals surface area contributed by atoms with E-state index in [1.54, 1.807) is 0 Å². The summed E-state index contributed by atoms with van der Waals surface area (Å²) in [6.45, 7) is 1.77. The first-order valence-electron chi connectivity index (χ1n) is 6.36. The second kappa shape index (κ2) is 7.19. The monoisotopic (exact) mass is 314 g/mol. The molecule has 0 radical (unpaired) electrons. The van der Waals surface area contributed by atoms with Crippen molar-refractivity contribution in [3.63, 3.8) is 0 Å². The Morgan fingerprint density at radius 2 is 1.81 bits per heavy atom. The van der Waals surface area contributed by atoms with Gasteiger partial charge in [0.05, 0.1) is 4.90 Å². The van der Waals surface area contributed by atoms with Crippen LogP contribution in [0.25, 0.3) is 0 Å². The third kappa shape index (κ3) is 4.54. The lowest BCUT2D eigenvalue weighted by molar-refractivity contribution is -0.137. The van der Waals surface area contributed by atoms with Crippen LogP contribution in [0.5, 0.6) is 0 Å². The van der Waals surface area contributed by atoms with Crippen LogP contribution in [0.4, 0.5) is 0 Å². The number of benzene rings is 1. The summed E-state index contributed by atoms with van der Waals surface area (Å²) in [4.78, 5) is 24.2. The van der Waals surface area contributed by atoms with Gasteiger partial charge in [0.1, 0.15) is 6.54 Å². The molecule has 2 N–H and O–H groups in total. The van der Waals surface area contributed by atoms with Gasteiger partial charge >= 0.3 is 5.97 Å². The molecule has 1 amide bonds. The number of aliphatic carboxylic acids is 1. The highest BCUT2D eigenvalue weighted by Crippen LogP contribution is 2.12. The van der Waals surface area contributed by atoms with Crippen molar-refractivity contribution < 1.29 is 23.1 Å². The zero-order valence-electron chi connectivity index (χ0n) is 11.9.